The van der Waals surface area contributed by atoms with E-state index in [1.807, 2.05) is 30.3 Å². The third-order valence-corrected chi connectivity index (χ3v) is 3.67. The first-order valence-electron chi connectivity index (χ1n) is 6.32. The van der Waals surface area contributed by atoms with Crippen LogP contribution in [0.1, 0.15) is 0 Å². The van der Waals surface area contributed by atoms with Crippen molar-refractivity contribution in [2.24, 2.45) is 0 Å². The lowest BCUT2D eigenvalue weighted by Gasteiger charge is -2.07. The second-order valence-corrected chi connectivity index (χ2v) is 5.24. The smallest absolute Gasteiger partial charge is 0.311 e. The second-order valence-electron chi connectivity index (χ2n) is 4.07. The van der Waals surface area contributed by atoms with Gasteiger partial charge in [0.2, 0.25) is 11.7 Å². The molecule has 0 aliphatic heterocycles. The normalized spacial score (nSPS) is 10.1. The van der Waals surface area contributed by atoms with Crippen LogP contribution in [0.3, 0.4) is 0 Å². The van der Waals surface area contributed by atoms with Crippen molar-refractivity contribution in [3.05, 3.63) is 52.6 Å². The molecule has 0 aliphatic carbocycles. The average molecular weight is 305 g/mol. The van der Waals surface area contributed by atoms with Gasteiger partial charge in [-0.25, -0.2) is 0 Å². The molecule has 2 rings (SSSR count). The van der Waals surface area contributed by atoms with Crippen LogP contribution in [0.25, 0.3) is 0 Å². The van der Waals surface area contributed by atoms with Gasteiger partial charge in [-0.15, -0.1) is 11.8 Å². The first kappa shape index (κ1) is 15.1. The SMILES string of the molecule is COc1ccc([N+](=O)[O-])c(NCCSc2ccccc2)n1. The van der Waals surface area contributed by atoms with Crippen molar-refractivity contribution in [3.8, 4) is 5.88 Å². The summed E-state index contributed by atoms with van der Waals surface area (Å²) >= 11 is 1.67. The monoisotopic (exact) mass is 305 g/mol. The Balaban J connectivity index is 1.94. The fourth-order valence-corrected chi connectivity index (χ4v) is 2.47. The molecule has 0 amide bonds. The maximum Gasteiger partial charge on any atom is 0.311 e. The predicted molar refractivity (Wildman–Crippen MR) is 83.1 cm³/mol. The van der Waals surface area contributed by atoms with E-state index in [1.165, 1.54) is 19.2 Å². The van der Waals surface area contributed by atoms with E-state index in [0.717, 1.165) is 10.6 Å². The van der Waals surface area contributed by atoms with E-state index in [-0.39, 0.29) is 11.5 Å². The van der Waals surface area contributed by atoms with E-state index in [1.54, 1.807) is 11.8 Å². The molecule has 0 atom stereocenters. The summed E-state index contributed by atoms with van der Waals surface area (Å²) in [6, 6.07) is 12.8. The fraction of sp³-hybridized carbons (Fsp3) is 0.214. The Morgan fingerprint density at radius 3 is 2.71 bits per heavy atom. The molecule has 21 heavy (non-hydrogen) atoms. The molecule has 0 aliphatic rings. The van der Waals surface area contributed by atoms with Gasteiger partial charge in [0.1, 0.15) is 0 Å². The van der Waals surface area contributed by atoms with Crippen LogP contribution < -0.4 is 10.1 Å². The van der Waals surface area contributed by atoms with Gasteiger partial charge >= 0.3 is 5.69 Å². The third kappa shape index (κ3) is 4.35. The fourth-order valence-electron chi connectivity index (χ4n) is 1.68. The minimum absolute atomic E-state index is 0.0551. The maximum absolute atomic E-state index is 11.0. The summed E-state index contributed by atoms with van der Waals surface area (Å²) < 4.78 is 4.99. The zero-order chi connectivity index (χ0) is 15.1. The van der Waals surface area contributed by atoms with Gasteiger partial charge in [0.25, 0.3) is 0 Å². The number of thioether (sulfide) groups is 1. The molecule has 2 aromatic rings. The number of methoxy groups -OCH3 is 1. The van der Waals surface area contributed by atoms with E-state index in [2.05, 4.69) is 10.3 Å². The highest BCUT2D eigenvalue weighted by atomic mass is 32.2. The van der Waals surface area contributed by atoms with E-state index >= 15 is 0 Å². The number of hydrogen-bond donors (Lipinski definition) is 1. The highest BCUT2D eigenvalue weighted by Gasteiger charge is 2.15. The Kier molecular flexibility index (Phi) is 5.39. The largest absolute Gasteiger partial charge is 0.481 e. The molecule has 0 radical (unpaired) electrons. The summed E-state index contributed by atoms with van der Waals surface area (Å²) in [5.74, 6) is 1.35. The summed E-state index contributed by atoms with van der Waals surface area (Å²) in [5, 5.41) is 13.9. The van der Waals surface area contributed by atoms with Crippen molar-refractivity contribution in [3.63, 3.8) is 0 Å². The van der Waals surface area contributed by atoms with Gasteiger partial charge in [0.15, 0.2) is 0 Å². The van der Waals surface area contributed by atoms with Crippen molar-refractivity contribution in [1.82, 2.24) is 4.98 Å². The van der Waals surface area contributed by atoms with E-state index < -0.39 is 4.92 Å². The van der Waals surface area contributed by atoms with Crippen LogP contribution in [0.4, 0.5) is 11.5 Å². The van der Waals surface area contributed by atoms with Crippen molar-refractivity contribution >= 4 is 23.3 Å². The molecule has 0 saturated heterocycles. The molecule has 1 heterocycles. The minimum Gasteiger partial charge on any atom is -0.481 e. The van der Waals surface area contributed by atoms with E-state index in [9.17, 15) is 10.1 Å². The topological polar surface area (TPSA) is 77.3 Å². The van der Waals surface area contributed by atoms with Gasteiger partial charge in [0.05, 0.1) is 12.0 Å². The van der Waals surface area contributed by atoms with E-state index in [4.69, 9.17) is 4.74 Å². The third-order valence-electron chi connectivity index (χ3n) is 2.66. The first-order valence-corrected chi connectivity index (χ1v) is 7.30. The summed E-state index contributed by atoms with van der Waals surface area (Å²) in [5.41, 5.74) is -0.0551. The number of anilines is 1. The maximum atomic E-state index is 11.0. The van der Waals surface area contributed by atoms with Crippen molar-refractivity contribution < 1.29 is 9.66 Å². The summed E-state index contributed by atoms with van der Waals surface area (Å²) in [4.78, 5) is 15.7. The zero-order valence-electron chi connectivity index (χ0n) is 11.5. The number of aromatic nitrogens is 1. The molecular formula is C14H15N3O3S. The molecule has 0 spiro atoms. The predicted octanol–water partition coefficient (Wildman–Crippen LogP) is 3.20. The van der Waals surface area contributed by atoms with Gasteiger partial charge in [-0.1, -0.05) is 18.2 Å². The van der Waals surface area contributed by atoms with Gasteiger partial charge in [-0.05, 0) is 12.1 Å². The van der Waals surface area contributed by atoms with Crippen LogP contribution >= 0.6 is 11.8 Å². The van der Waals surface area contributed by atoms with Crippen LogP contribution in [0.2, 0.25) is 0 Å². The van der Waals surface area contributed by atoms with Crippen LogP contribution in [-0.4, -0.2) is 29.3 Å². The van der Waals surface area contributed by atoms with Gasteiger partial charge in [-0.3, -0.25) is 10.1 Å². The Bertz CT molecular complexity index is 608. The second kappa shape index (κ2) is 7.49. The van der Waals surface area contributed by atoms with Crippen LogP contribution in [0.15, 0.2) is 47.4 Å². The number of rotatable bonds is 7. The van der Waals surface area contributed by atoms with Crippen molar-refractivity contribution in [1.29, 1.82) is 0 Å². The number of nitro groups is 1. The minimum atomic E-state index is -0.459. The Labute approximate surface area is 126 Å². The molecule has 1 N–H and O–H groups in total. The Morgan fingerprint density at radius 2 is 2.05 bits per heavy atom. The lowest BCUT2D eigenvalue weighted by atomic mass is 10.4. The molecule has 0 saturated carbocycles. The average Bonchev–Trinajstić information content (AvgIpc) is 2.52. The molecule has 1 aromatic carbocycles. The number of nitrogens with zero attached hydrogens (tertiary/aromatic N) is 2. The number of nitrogens with one attached hydrogen (secondary N) is 1. The van der Waals surface area contributed by atoms with Crippen LogP contribution in [0, 0.1) is 10.1 Å². The van der Waals surface area contributed by atoms with Gasteiger partial charge < -0.3 is 10.1 Å². The first-order chi connectivity index (χ1) is 10.2. The molecule has 1 aromatic heterocycles. The lowest BCUT2D eigenvalue weighted by molar-refractivity contribution is -0.384. The summed E-state index contributed by atoms with van der Waals surface area (Å²) in [6.45, 7) is 0.570. The molecule has 0 unspecified atom stereocenters. The molecular weight excluding hydrogens is 290 g/mol. The van der Waals surface area contributed by atoms with Gasteiger partial charge in [0, 0.05) is 29.3 Å². The molecule has 7 heteroatoms. The number of pyridine rings is 1. The molecule has 110 valence electrons. The van der Waals surface area contributed by atoms with Crippen molar-refractivity contribution in [2.45, 2.75) is 4.90 Å². The highest BCUT2D eigenvalue weighted by molar-refractivity contribution is 7.99. The lowest BCUT2D eigenvalue weighted by Crippen LogP contribution is -2.08. The standard InChI is InChI=1S/C14H15N3O3S/c1-20-13-8-7-12(17(18)19)14(16-13)15-9-10-21-11-5-3-2-4-6-11/h2-8H,9-10H2,1H3,(H,15,16). The highest BCUT2D eigenvalue weighted by Crippen LogP contribution is 2.25. The van der Waals surface area contributed by atoms with Crippen LogP contribution in [0.5, 0.6) is 5.88 Å². The van der Waals surface area contributed by atoms with Gasteiger partial charge in [-0.2, -0.15) is 4.98 Å². The number of benzene rings is 1. The number of hydrogen-bond acceptors (Lipinski definition) is 6. The molecule has 0 bridgehead atoms. The molecule has 0 fully saturated rings. The number of ether oxygens (including phenoxy) is 1. The van der Waals surface area contributed by atoms with Crippen molar-refractivity contribution in [2.75, 3.05) is 24.7 Å². The Morgan fingerprint density at radius 1 is 1.29 bits per heavy atom. The summed E-state index contributed by atoms with van der Waals surface area (Å²) in [7, 11) is 1.48. The summed E-state index contributed by atoms with van der Waals surface area (Å²) in [6.07, 6.45) is 0. The quantitative estimate of drug-likeness (QED) is 0.366. The van der Waals surface area contributed by atoms with E-state index in [0.29, 0.717) is 12.4 Å². The van der Waals surface area contributed by atoms with Crippen LogP contribution in [-0.2, 0) is 0 Å². The zero-order valence-corrected chi connectivity index (χ0v) is 12.3. The Hall–Kier alpha value is -2.28. The molecule has 6 nitrogen and oxygen atoms in total.